The van der Waals surface area contributed by atoms with Crippen LogP contribution in [0.4, 0.5) is 0 Å². The molecule has 4 heteroatoms. The molecule has 0 aromatic rings. The van der Waals surface area contributed by atoms with E-state index >= 15 is 0 Å². The van der Waals surface area contributed by atoms with Crippen LogP contribution in [0.25, 0.3) is 0 Å². The van der Waals surface area contributed by atoms with Crippen LogP contribution in [0.5, 0.6) is 0 Å². The first kappa shape index (κ1) is 13.6. The fourth-order valence-electron chi connectivity index (χ4n) is 3.78. The molecule has 100 valence electrons. The standard InChI is InChI=1S/C13H24N2O.ClH/c14-13-4-3-10-8-15(9-12(10)13)6-5-11-2-1-7-16-11;/h10-13H,1-9,14H2;1H. The highest BCUT2D eigenvalue weighted by molar-refractivity contribution is 5.85. The van der Waals surface area contributed by atoms with Crippen molar-refractivity contribution < 1.29 is 4.74 Å². The highest BCUT2D eigenvalue weighted by Crippen LogP contribution is 2.37. The van der Waals surface area contributed by atoms with Crippen LogP contribution in [0.3, 0.4) is 0 Å². The van der Waals surface area contributed by atoms with E-state index < -0.39 is 0 Å². The summed E-state index contributed by atoms with van der Waals surface area (Å²) in [5.41, 5.74) is 6.15. The number of hydrogen-bond donors (Lipinski definition) is 1. The Kier molecular flexibility index (Phi) is 4.70. The minimum Gasteiger partial charge on any atom is -0.378 e. The van der Waals surface area contributed by atoms with Gasteiger partial charge in [-0.1, -0.05) is 0 Å². The van der Waals surface area contributed by atoms with E-state index in [1.54, 1.807) is 0 Å². The van der Waals surface area contributed by atoms with Crippen molar-refractivity contribution in [3.63, 3.8) is 0 Å². The molecule has 17 heavy (non-hydrogen) atoms. The smallest absolute Gasteiger partial charge is 0.0588 e. The van der Waals surface area contributed by atoms with Crippen molar-refractivity contribution in [3.8, 4) is 0 Å². The molecule has 0 spiro atoms. The predicted molar refractivity (Wildman–Crippen MR) is 71.5 cm³/mol. The van der Waals surface area contributed by atoms with E-state index in [-0.39, 0.29) is 12.4 Å². The first-order valence-corrected chi connectivity index (χ1v) is 6.92. The maximum Gasteiger partial charge on any atom is 0.0588 e. The van der Waals surface area contributed by atoms with Crippen LogP contribution in [-0.2, 0) is 4.74 Å². The lowest BCUT2D eigenvalue weighted by molar-refractivity contribution is 0.0939. The van der Waals surface area contributed by atoms with E-state index in [1.807, 2.05) is 0 Å². The Hall–Kier alpha value is 0.170. The van der Waals surface area contributed by atoms with Crippen LogP contribution in [0, 0.1) is 11.8 Å². The van der Waals surface area contributed by atoms with Crippen LogP contribution < -0.4 is 5.73 Å². The molecule has 2 saturated heterocycles. The zero-order valence-corrected chi connectivity index (χ0v) is 11.3. The van der Waals surface area contributed by atoms with Gasteiger partial charge in [-0.15, -0.1) is 12.4 Å². The predicted octanol–water partition coefficient (Wildman–Crippen LogP) is 1.65. The van der Waals surface area contributed by atoms with Gasteiger partial charge in [-0.05, 0) is 43.9 Å². The maximum absolute atomic E-state index is 6.15. The Morgan fingerprint density at radius 1 is 1.18 bits per heavy atom. The lowest BCUT2D eigenvalue weighted by atomic mass is 9.98. The second-order valence-electron chi connectivity index (χ2n) is 5.85. The van der Waals surface area contributed by atoms with Gasteiger partial charge in [0.2, 0.25) is 0 Å². The van der Waals surface area contributed by atoms with Crippen LogP contribution in [0.1, 0.15) is 32.1 Å². The topological polar surface area (TPSA) is 38.5 Å². The minimum atomic E-state index is 0. The van der Waals surface area contributed by atoms with Crippen molar-refractivity contribution in [3.05, 3.63) is 0 Å². The molecule has 0 radical (unpaired) electrons. The van der Waals surface area contributed by atoms with E-state index in [4.69, 9.17) is 10.5 Å². The molecule has 0 amide bonds. The van der Waals surface area contributed by atoms with Gasteiger partial charge in [0.25, 0.3) is 0 Å². The van der Waals surface area contributed by atoms with Gasteiger partial charge in [0, 0.05) is 32.3 Å². The van der Waals surface area contributed by atoms with Gasteiger partial charge in [0.15, 0.2) is 0 Å². The second-order valence-corrected chi connectivity index (χ2v) is 5.85. The van der Waals surface area contributed by atoms with Gasteiger partial charge >= 0.3 is 0 Å². The number of fused-ring (bicyclic) bond motifs is 1. The van der Waals surface area contributed by atoms with E-state index in [1.165, 1.54) is 51.7 Å². The molecule has 0 bridgehead atoms. The number of hydrogen-bond acceptors (Lipinski definition) is 3. The summed E-state index contributed by atoms with van der Waals surface area (Å²) in [5.74, 6) is 1.70. The van der Waals surface area contributed by atoms with Crippen LogP contribution in [-0.4, -0.2) is 43.3 Å². The first-order chi connectivity index (χ1) is 7.83. The van der Waals surface area contributed by atoms with Crippen molar-refractivity contribution >= 4 is 12.4 Å². The monoisotopic (exact) mass is 260 g/mol. The largest absolute Gasteiger partial charge is 0.378 e. The third kappa shape index (κ3) is 2.95. The zero-order chi connectivity index (χ0) is 11.0. The molecular formula is C13H25ClN2O. The van der Waals surface area contributed by atoms with Gasteiger partial charge in [0.05, 0.1) is 6.10 Å². The SMILES string of the molecule is Cl.NC1CCC2CN(CCC3CCCO3)CC12. The van der Waals surface area contributed by atoms with Crippen LogP contribution in [0.15, 0.2) is 0 Å². The maximum atomic E-state index is 6.15. The summed E-state index contributed by atoms with van der Waals surface area (Å²) in [6.07, 6.45) is 6.95. The quantitative estimate of drug-likeness (QED) is 0.839. The Morgan fingerprint density at radius 2 is 2.06 bits per heavy atom. The summed E-state index contributed by atoms with van der Waals surface area (Å²) in [6, 6.07) is 0.484. The molecule has 4 atom stereocenters. The summed E-state index contributed by atoms with van der Waals surface area (Å²) in [7, 11) is 0. The number of nitrogens with two attached hydrogens (primary N) is 1. The molecule has 0 aromatic carbocycles. The molecule has 2 heterocycles. The number of nitrogens with zero attached hydrogens (tertiary/aromatic N) is 1. The molecule has 3 aliphatic rings. The Balaban J connectivity index is 0.00000108. The van der Waals surface area contributed by atoms with Crippen LogP contribution >= 0.6 is 12.4 Å². The molecule has 3 rings (SSSR count). The lowest BCUT2D eigenvalue weighted by Crippen LogP contribution is -2.31. The molecule has 4 unspecified atom stereocenters. The average Bonchev–Trinajstić information content (AvgIpc) is 2.95. The third-order valence-corrected chi connectivity index (χ3v) is 4.78. The highest BCUT2D eigenvalue weighted by atomic mass is 35.5. The summed E-state index contributed by atoms with van der Waals surface area (Å²) in [5, 5.41) is 0. The van der Waals surface area contributed by atoms with Gasteiger partial charge in [-0.25, -0.2) is 0 Å². The van der Waals surface area contributed by atoms with E-state index in [0.29, 0.717) is 12.1 Å². The summed E-state index contributed by atoms with van der Waals surface area (Å²) in [4.78, 5) is 2.62. The number of halogens is 1. The summed E-state index contributed by atoms with van der Waals surface area (Å²) in [6.45, 7) is 4.76. The normalized spacial score (nSPS) is 41.5. The van der Waals surface area contributed by atoms with E-state index in [0.717, 1.165) is 18.4 Å². The highest BCUT2D eigenvalue weighted by Gasteiger charge is 2.40. The minimum absolute atomic E-state index is 0. The molecule has 1 aliphatic carbocycles. The lowest BCUT2D eigenvalue weighted by Gasteiger charge is -2.19. The van der Waals surface area contributed by atoms with Crippen LogP contribution in [0.2, 0.25) is 0 Å². The molecule has 1 saturated carbocycles. The molecule has 0 aromatic heterocycles. The molecule has 3 nitrogen and oxygen atoms in total. The molecule has 3 fully saturated rings. The van der Waals surface area contributed by atoms with Crippen molar-refractivity contribution in [1.29, 1.82) is 0 Å². The van der Waals surface area contributed by atoms with Crippen molar-refractivity contribution in [2.45, 2.75) is 44.2 Å². The summed E-state index contributed by atoms with van der Waals surface area (Å²) >= 11 is 0. The van der Waals surface area contributed by atoms with Gasteiger partial charge in [-0.2, -0.15) is 0 Å². The second kappa shape index (κ2) is 5.87. The zero-order valence-electron chi connectivity index (χ0n) is 10.5. The number of ether oxygens (including phenoxy) is 1. The van der Waals surface area contributed by atoms with Crippen molar-refractivity contribution in [1.82, 2.24) is 4.90 Å². The third-order valence-electron chi connectivity index (χ3n) is 4.78. The van der Waals surface area contributed by atoms with Gasteiger partial charge < -0.3 is 15.4 Å². The van der Waals surface area contributed by atoms with Crippen molar-refractivity contribution in [2.24, 2.45) is 17.6 Å². The van der Waals surface area contributed by atoms with Gasteiger partial charge in [-0.3, -0.25) is 0 Å². The fourth-order valence-corrected chi connectivity index (χ4v) is 3.78. The number of likely N-dealkylation sites (tertiary alicyclic amines) is 1. The van der Waals surface area contributed by atoms with E-state index in [9.17, 15) is 0 Å². The Labute approximate surface area is 110 Å². The Morgan fingerprint density at radius 3 is 2.76 bits per heavy atom. The molecule has 2 aliphatic heterocycles. The van der Waals surface area contributed by atoms with Crippen molar-refractivity contribution in [2.75, 3.05) is 26.2 Å². The average molecular weight is 261 g/mol. The number of rotatable bonds is 3. The Bertz CT molecular complexity index is 246. The van der Waals surface area contributed by atoms with Gasteiger partial charge in [0.1, 0.15) is 0 Å². The first-order valence-electron chi connectivity index (χ1n) is 6.92. The molecular weight excluding hydrogens is 236 g/mol. The fraction of sp³-hybridized carbons (Fsp3) is 1.00. The van der Waals surface area contributed by atoms with E-state index in [2.05, 4.69) is 4.90 Å². The summed E-state index contributed by atoms with van der Waals surface area (Å²) < 4.78 is 5.68. The molecule has 2 N–H and O–H groups in total.